The van der Waals surface area contributed by atoms with Gasteiger partial charge < -0.3 is 9.84 Å². The molecule has 0 spiro atoms. The lowest BCUT2D eigenvalue weighted by Crippen LogP contribution is -2.23. The van der Waals surface area contributed by atoms with Crippen LogP contribution in [0.5, 0.6) is 5.75 Å². The molecule has 0 bridgehead atoms. The van der Waals surface area contributed by atoms with E-state index in [1.807, 2.05) is 24.3 Å². The molecule has 1 saturated carbocycles. The molecule has 20 heavy (non-hydrogen) atoms. The van der Waals surface area contributed by atoms with Crippen molar-refractivity contribution in [1.29, 1.82) is 0 Å². The van der Waals surface area contributed by atoms with Crippen LogP contribution >= 0.6 is 0 Å². The third-order valence-electron chi connectivity index (χ3n) is 4.00. The monoisotopic (exact) mass is 272 g/mol. The van der Waals surface area contributed by atoms with Gasteiger partial charge in [0.1, 0.15) is 5.75 Å². The molecule has 0 heterocycles. The highest BCUT2D eigenvalue weighted by Crippen LogP contribution is 2.29. The quantitative estimate of drug-likeness (QED) is 0.845. The molecule has 1 aromatic rings. The fourth-order valence-electron chi connectivity index (χ4n) is 2.69. The van der Waals surface area contributed by atoms with E-state index in [4.69, 9.17) is 9.84 Å². The van der Waals surface area contributed by atoms with Crippen LogP contribution in [0.1, 0.15) is 51.0 Å². The van der Waals surface area contributed by atoms with E-state index < -0.39 is 0 Å². The van der Waals surface area contributed by atoms with Gasteiger partial charge in [0.05, 0.1) is 12.7 Å². The molecule has 2 rings (SSSR count). The molecule has 2 heteroatoms. The van der Waals surface area contributed by atoms with Crippen LogP contribution in [0.4, 0.5) is 0 Å². The van der Waals surface area contributed by atoms with E-state index in [0.29, 0.717) is 12.5 Å². The summed E-state index contributed by atoms with van der Waals surface area (Å²) in [6.07, 6.45) is 7.15. The van der Waals surface area contributed by atoms with Crippen molar-refractivity contribution in [2.24, 2.45) is 5.92 Å². The van der Waals surface area contributed by atoms with Crippen molar-refractivity contribution in [3.8, 4) is 17.6 Å². The average Bonchev–Trinajstić information content (AvgIpc) is 2.50. The second-order valence-corrected chi connectivity index (χ2v) is 5.47. The van der Waals surface area contributed by atoms with E-state index in [-0.39, 0.29) is 6.61 Å². The SMILES string of the molecule is CCC1CCC(Oc2ccc(C#CCCO)cc2)CC1. The van der Waals surface area contributed by atoms with Crippen molar-refractivity contribution in [3.05, 3.63) is 29.8 Å². The van der Waals surface area contributed by atoms with Gasteiger partial charge in [0, 0.05) is 12.0 Å². The summed E-state index contributed by atoms with van der Waals surface area (Å²) in [7, 11) is 0. The Balaban J connectivity index is 1.84. The molecular formula is C18H24O2. The number of hydrogen-bond donors (Lipinski definition) is 1. The van der Waals surface area contributed by atoms with Gasteiger partial charge in [-0.1, -0.05) is 25.2 Å². The molecule has 0 amide bonds. The molecule has 0 aromatic heterocycles. The Morgan fingerprint density at radius 3 is 2.45 bits per heavy atom. The zero-order valence-corrected chi connectivity index (χ0v) is 12.3. The Bertz CT molecular complexity index is 445. The standard InChI is InChI=1S/C18H24O2/c1-2-15-6-10-17(11-7-15)20-18-12-8-16(9-13-18)5-3-4-14-19/h8-9,12-13,15,17,19H,2,4,6-7,10-11,14H2,1H3. The summed E-state index contributed by atoms with van der Waals surface area (Å²) in [4.78, 5) is 0. The normalized spacial score (nSPS) is 21.9. The van der Waals surface area contributed by atoms with Gasteiger partial charge in [-0.25, -0.2) is 0 Å². The van der Waals surface area contributed by atoms with Gasteiger partial charge in [0.2, 0.25) is 0 Å². The number of aliphatic hydroxyl groups excluding tert-OH is 1. The first-order chi connectivity index (χ1) is 9.81. The summed E-state index contributed by atoms with van der Waals surface area (Å²) in [5.74, 6) is 7.79. The molecule has 1 N–H and O–H groups in total. The van der Waals surface area contributed by atoms with Crippen molar-refractivity contribution >= 4 is 0 Å². The number of aliphatic hydroxyl groups is 1. The maximum absolute atomic E-state index is 8.68. The van der Waals surface area contributed by atoms with E-state index >= 15 is 0 Å². The molecule has 0 saturated heterocycles. The maximum atomic E-state index is 8.68. The highest BCUT2D eigenvalue weighted by molar-refractivity contribution is 5.38. The molecule has 0 atom stereocenters. The highest BCUT2D eigenvalue weighted by Gasteiger charge is 2.20. The summed E-state index contributed by atoms with van der Waals surface area (Å²) in [6, 6.07) is 7.96. The van der Waals surface area contributed by atoms with Gasteiger partial charge in [-0.05, 0) is 55.9 Å². The lowest BCUT2D eigenvalue weighted by molar-refractivity contribution is 0.130. The number of rotatable bonds is 4. The minimum absolute atomic E-state index is 0.120. The Kier molecular flexibility index (Phi) is 5.95. The van der Waals surface area contributed by atoms with Crippen molar-refractivity contribution in [1.82, 2.24) is 0 Å². The summed E-state index contributed by atoms with van der Waals surface area (Å²) < 4.78 is 6.04. The molecule has 108 valence electrons. The van der Waals surface area contributed by atoms with E-state index in [0.717, 1.165) is 17.2 Å². The average molecular weight is 272 g/mol. The minimum atomic E-state index is 0.120. The number of ether oxygens (including phenoxy) is 1. The number of benzene rings is 1. The van der Waals surface area contributed by atoms with Gasteiger partial charge in [-0.2, -0.15) is 0 Å². The second-order valence-electron chi connectivity index (χ2n) is 5.47. The molecule has 2 nitrogen and oxygen atoms in total. The predicted octanol–water partition coefficient (Wildman–Crippen LogP) is 3.77. The van der Waals surface area contributed by atoms with Gasteiger partial charge >= 0.3 is 0 Å². The Morgan fingerprint density at radius 1 is 1.15 bits per heavy atom. The molecule has 1 fully saturated rings. The predicted molar refractivity (Wildman–Crippen MR) is 81.7 cm³/mol. The van der Waals surface area contributed by atoms with Crippen LogP contribution in [0.3, 0.4) is 0 Å². The molecular weight excluding hydrogens is 248 g/mol. The lowest BCUT2D eigenvalue weighted by Gasteiger charge is -2.28. The molecule has 0 radical (unpaired) electrons. The molecule has 1 aliphatic carbocycles. The first-order valence-corrected chi connectivity index (χ1v) is 7.68. The smallest absolute Gasteiger partial charge is 0.119 e. The largest absolute Gasteiger partial charge is 0.490 e. The van der Waals surface area contributed by atoms with Crippen LogP contribution in [0, 0.1) is 17.8 Å². The Morgan fingerprint density at radius 2 is 1.85 bits per heavy atom. The van der Waals surface area contributed by atoms with Crippen LogP contribution in [-0.4, -0.2) is 17.8 Å². The van der Waals surface area contributed by atoms with Crippen molar-refractivity contribution in [3.63, 3.8) is 0 Å². The fourth-order valence-corrected chi connectivity index (χ4v) is 2.69. The second kappa shape index (κ2) is 7.97. The zero-order valence-electron chi connectivity index (χ0n) is 12.3. The van der Waals surface area contributed by atoms with Crippen LogP contribution in [0.15, 0.2) is 24.3 Å². The van der Waals surface area contributed by atoms with E-state index in [1.165, 1.54) is 32.1 Å². The molecule has 1 aliphatic rings. The highest BCUT2D eigenvalue weighted by atomic mass is 16.5. The molecule has 0 unspecified atom stereocenters. The van der Waals surface area contributed by atoms with Crippen LogP contribution < -0.4 is 4.74 Å². The van der Waals surface area contributed by atoms with E-state index in [9.17, 15) is 0 Å². The van der Waals surface area contributed by atoms with Crippen LogP contribution in [-0.2, 0) is 0 Å². The van der Waals surface area contributed by atoms with Crippen molar-refractivity contribution < 1.29 is 9.84 Å². The first kappa shape index (κ1) is 14.9. The van der Waals surface area contributed by atoms with Crippen molar-refractivity contribution in [2.45, 2.75) is 51.6 Å². The van der Waals surface area contributed by atoms with Crippen LogP contribution in [0.2, 0.25) is 0 Å². The Hall–Kier alpha value is -1.46. The van der Waals surface area contributed by atoms with Crippen LogP contribution in [0.25, 0.3) is 0 Å². The third-order valence-corrected chi connectivity index (χ3v) is 4.00. The molecule has 1 aromatic carbocycles. The third kappa shape index (κ3) is 4.58. The van der Waals surface area contributed by atoms with E-state index in [1.54, 1.807) is 0 Å². The van der Waals surface area contributed by atoms with Crippen molar-refractivity contribution in [2.75, 3.05) is 6.61 Å². The Labute approximate surface area is 122 Å². The van der Waals surface area contributed by atoms with Gasteiger partial charge in [0.25, 0.3) is 0 Å². The summed E-state index contributed by atoms with van der Waals surface area (Å²) in [5, 5.41) is 8.68. The maximum Gasteiger partial charge on any atom is 0.119 e. The van der Waals surface area contributed by atoms with Gasteiger partial charge in [-0.15, -0.1) is 0 Å². The summed E-state index contributed by atoms with van der Waals surface area (Å²) in [6.45, 7) is 2.40. The first-order valence-electron chi connectivity index (χ1n) is 7.68. The summed E-state index contributed by atoms with van der Waals surface area (Å²) >= 11 is 0. The number of hydrogen-bond acceptors (Lipinski definition) is 2. The summed E-state index contributed by atoms with van der Waals surface area (Å²) in [5.41, 5.74) is 0.973. The topological polar surface area (TPSA) is 29.5 Å². The van der Waals surface area contributed by atoms with Gasteiger partial charge in [0.15, 0.2) is 0 Å². The fraction of sp³-hybridized carbons (Fsp3) is 0.556. The minimum Gasteiger partial charge on any atom is -0.490 e. The lowest BCUT2D eigenvalue weighted by atomic mass is 9.86. The zero-order chi connectivity index (χ0) is 14.2. The van der Waals surface area contributed by atoms with E-state index in [2.05, 4.69) is 18.8 Å². The molecule has 0 aliphatic heterocycles. The van der Waals surface area contributed by atoms with Gasteiger partial charge in [-0.3, -0.25) is 0 Å².